The lowest BCUT2D eigenvalue weighted by molar-refractivity contribution is -0.142. The Labute approximate surface area is 160 Å². The first kappa shape index (κ1) is 17.9. The molecule has 0 bridgehead atoms. The van der Waals surface area contributed by atoms with Crippen molar-refractivity contribution >= 4 is 11.8 Å². The zero-order valence-electron chi connectivity index (χ0n) is 16.4. The largest absolute Gasteiger partial charge is 0.381 e. The molecule has 1 fully saturated rings. The first-order valence-corrected chi connectivity index (χ1v) is 9.33. The number of methoxy groups -OCH3 is 1. The molecule has 3 atom stereocenters. The van der Waals surface area contributed by atoms with E-state index in [1.807, 2.05) is 63.2 Å². The second kappa shape index (κ2) is 5.77. The van der Waals surface area contributed by atoms with Crippen molar-refractivity contribution in [2.45, 2.75) is 38.2 Å². The molecular weight excluding hydrogens is 338 g/mol. The van der Waals surface area contributed by atoms with E-state index < -0.39 is 16.7 Å². The summed E-state index contributed by atoms with van der Waals surface area (Å²) in [5.74, 6) is -0.833. The number of carbonyl (C=O) groups excluding carboxylic acids is 2. The molecule has 0 saturated carbocycles. The minimum absolute atomic E-state index is 0.140. The molecule has 0 spiro atoms. The number of hydrogen-bond acceptors (Lipinski definition) is 3. The molecule has 0 radical (unpaired) electrons. The minimum Gasteiger partial charge on any atom is -0.381 e. The maximum Gasteiger partial charge on any atom is 0.241 e. The molecule has 2 aliphatic rings. The molecule has 140 valence electrons. The Morgan fingerprint density at radius 3 is 2.30 bits per heavy atom. The number of carbonyl (C=O) groups is 2. The summed E-state index contributed by atoms with van der Waals surface area (Å²) in [5.41, 5.74) is 2.30. The molecule has 0 N–H and O–H groups in total. The number of fused-ring (bicyclic) bond motifs is 6. The Bertz CT molecular complexity index is 948. The van der Waals surface area contributed by atoms with E-state index in [1.54, 1.807) is 14.2 Å². The van der Waals surface area contributed by atoms with Gasteiger partial charge in [-0.2, -0.15) is 0 Å². The van der Waals surface area contributed by atoms with Gasteiger partial charge in [0.15, 0.2) is 0 Å². The summed E-state index contributed by atoms with van der Waals surface area (Å²) < 4.78 is 5.71. The molecule has 1 aliphatic heterocycles. The van der Waals surface area contributed by atoms with Crippen LogP contribution in [0.15, 0.2) is 48.5 Å². The van der Waals surface area contributed by atoms with Gasteiger partial charge in [-0.3, -0.25) is 14.5 Å². The number of likely N-dealkylation sites (N-methyl/N-ethyl adjacent to an activating group) is 1. The fourth-order valence-electron chi connectivity index (χ4n) is 5.17. The number of imide groups is 1. The lowest BCUT2D eigenvalue weighted by atomic mass is 9.50. The molecule has 27 heavy (non-hydrogen) atoms. The van der Waals surface area contributed by atoms with Gasteiger partial charge < -0.3 is 4.74 Å². The van der Waals surface area contributed by atoms with Gasteiger partial charge in [0.05, 0.1) is 17.4 Å². The van der Waals surface area contributed by atoms with Crippen LogP contribution < -0.4 is 0 Å². The molecule has 1 heterocycles. The van der Waals surface area contributed by atoms with Crippen LogP contribution in [0.5, 0.6) is 0 Å². The second-order valence-corrected chi connectivity index (χ2v) is 8.18. The van der Waals surface area contributed by atoms with Gasteiger partial charge in [0.25, 0.3) is 0 Å². The molecule has 0 aromatic heterocycles. The summed E-state index contributed by atoms with van der Waals surface area (Å²) in [6, 6.07) is 16.0. The van der Waals surface area contributed by atoms with Gasteiger partial charge in [0.2, 0.25) is 11.8 Å². The van der Waals surface area contributed by atoms with Crippen LogP contribution in [0.2, 0.25) is 0 Å². The quantitative estimate of drug-likeness (QED) is 0.781. The summed E-state index contributed by atoms with van der Waals surface area (Å²) in [4.78, 5) is 28.4. The van der Waals surface area contributed by atoms with Crippen LogP contribution in [-0.4, -0.2) is 37.0 Å². The average molecular weight is 363 g/mol. The third kappa shape index (κ3) is 1.97. The van der Waals surface area contributed by atoms with Gasteiger partial charge >= 0.3 is 0 Å². The van der Waals surface area contributed by atoms with E-state index in [0.717, 1.165) is 22.3 Å². The van der Waals surface area contributed by atoms with Crippen molar-refractivity contribution in [3.05, 3.63) is 59.7 Å². The smallest absolute Gasteiger partial charge is 0.241 e. The number of ether oxygens (including phenoxy) is 1. The van der Waals surface area contributed by atoms with Crippen molar-refractivity contribution in [3.8, 4) is 11.1 Å². The zero-order chi connectivity index (χ0) is 19.6. The van der Waals surface area contributed by atoms with E-state index in [4.69, 9.17) is 4.74 Å². The molecule has 2 amide bonds. The molecule has 2 aromatic rings. The predicted molar refractivity (Wildman–Crippen MR) is 104 cm³/mol. The SMILES string of the molecule is COC(C)C(C)(C)C12C(=O)N(C)C(=O)C1c1ccccc1-c1ccccc12. The molecule has 4 nitrogen and oxygen atoms in total. The predicted octanol–water partition coefficient (Wildman–Crippen LogP) is 3.75. The number of amides is 2. The Balaban J connectivity index is 2.17. The summed E-state index contributed by atoms with van der Waals surface area (Å²) in [6.45, 7) is 6.07. The fourth-order valence-corrected chi connectivity index (χ4v) is 5.17. The highest BCUT2D eigenvalue weighted by Crippen LogP contribution is 2.63. The van der Waals surface area contributed by atoms with Gasteiger partial charge in [-0.1, -0.05) is 62.4 Å². The van der Waals surface area contributed by atoms with Crippen LogP contribution >= 0.6 is 0 Å². The van der Waals surface area contributed by atoms with E-state index >= 15 is 0 Å². The van der Waals surface area contributed by atoms with Gasteiger partial charge in [0.1, 0.15) is 0 Å². The summed E-state index contributed by atoms with van der Waals surface area (Å²) in [7, 11) is 3.26. The van der Waals surface area contributed by atoms with E-state index in [0.29, 0.717) is 0 Å². The third-order valence-corrected chi connectivity index (χ3v) is 6.95. The number of nitrogens with zero attached hydrogens (tertiary/aromatic N) is 1. The van der Waals surface area contributed by atoms with Gasteiger partial charge in [-0.05, 0) is 29.2 Å². The van der Waals surface area contributed by atoms with Crippen LogP contribution in [0.4, 0.5) is 0 Å². The number of likely N-dealkylation sites (tertiary alicyclic amines) is 1. The highest BCUT2D eigenvalue weighted by atomic mass is 16.5. The lowest BCUT2D eigenvalue weighted by Gasteiger charge is -2.51. The van der Waals surface area contributed by atoms with E-state index in [-0.39, 0.29) is 17.9 Å². The van der Waals surface area contributed by atoms with E-state index in [9.17, 15) is 9.59 Å². The Hall–Kier alpha value is -2.46. The summed E-state index contributed by atoms with van der Waals surface area (Å²) >= 11 is 0. The normalized spacial score (nSPS) is 25.1. The van der Waals surface area contributed by atoms with Crippen molar-refractivity contribution < 1.29 is 14.3 Å². The number of benzene rings is 2. The summed E-state index contributed by atoms with van der Waals surface area (Å²) in [5, 5.41) is 0. The van der Waals surface area contributed by atoms with Crippen molar-refractivity contribution in [3.63, 3.8) is 0 Å². The number of hydrogen-bond donors (Lipinski definition) is 0. The zero-order valence-corrected chi connectivity index (χ0v) is 16.4. The Morgan fingerprint density at radius 1 is 1.04 bits per heavy atom. The molecule has 1 aliphatic carbocycles. The first-order chi connectivity index (χ1) is 12.8. The standard InChI is InChI=1S/C23H25NO3/c1-14(27-5)22(2,3)23-18-13-9-8-11-16(18)15-10-6-7-12-17(15)19(23)20(25)24(4)21(23)26/h6-14,19H,1-5H3. The average Bonchev–Trinajstić information content (AvgIpc) is 2.90. The maximum absolute atomic E-state index is 13.8. The highest BCUT2D eigenvalue weighted by Gasteiger charge is 2.69. The van der Waals surface area contributed by atoms with Crippen LogP contribution in [-0.2, 0) is 19.7 Å². The van der Waals surface area contributed by atoms with Crippen LogP contribution in [0.25, 0.3) is 11.1 Å². The van der Waals surface area contributed by atoms with Crippen LogP contribution in [0, 0.1) is 5.41 Å². The molecule has 3 unspecified atom stereocenters. The van der Waals surface area contributed by atoms with Gasteiger partial charge in [-0.25, -0.2) is 0 Å². The third-order valence-electron chi connectivity index (χ3n) is 6.95. The van der Waals surface area contributed by atoms with Crippen molar-refractivity contribution in [2.75, 3.05) is 14.2 Å². The summed E-state index contributed by atoms with van der Waals surface area (Å²) in [6.07, 6.45) is -0.221. The highest BCUT2D eigenvalue weighted by molar-refractivity contribution is 6.16. The molecule has 4 rings (SSSR count). The molecular formula is C23H25NO3. The lowest BCUT2D eigenvalue weighted by Crippen LogP contribution is -2.57. The Morgan fingerprint density at radius 2 is 1.63 bits per heavy atom. The van der Waals surface area contributed by atoms with Crippen molar-refractivity contribution in [2.24, 2.45) is 5.41 Å². The van der Waals surface area contributed by atoms with Gasteiger partial charge in [0, 0.05) is 19.6 Å². The monoisotopic (exact) mass is 363 g/mol. The van der Waals surface area contributed by atoms with Crippen LogP contribution in [0.1, 0.15) is 37.8 Å². The minimum atomic E-state index is -1.00. The van der Waals surface area contributed by atoms with E-state index in [1.165, 1.54) is 4.90 Å². The van der Waals surface area contributed by atoms with Crippen LogP contribution in [0.3, 0.4) is 0 Å². The topological polar surface area (TPSA) is 46.6 Å². The number of rotatable bonds is 3. The fraction of sp³-hybridized carbons (Fsp3) is 0.391. The van der Waals surface area contributed by atoms with Gasteiger partial charge in [-0.15, -0.1) is 0 Å². The first-order valence-electron chi connectivity index (χ1n) is 9.33. The molecule has 1 saturated heterocycles. The molecule has 4 heteroatoms. The Kier molecular flexibility index (Phi) is 3.83. The van der Waals surface area contributed by atoms with Crippen molar-refractivity contribution in [1.29, 1.82) is 0 Å². The second-order valence-electron chi connectivity index (χ2n) is 8.18. The van der Waals surface area contributed by atoms with E-state index in [2.05, 4.69) is 6.07 Å². The molecule has 2 aromatic carbocycles. The maximum atomic E-state index is 13.8. The van der Waals surface area contributed by atoms with Crippen molar-refractivity contribution in [1.82, 2.24) is 4.90 Å².